The first kappa shape index (κ1) is 26.0. The highest BCUT2D eigenvalue weighted by Gasteiger charge is 2.26. The average Bonchev–Trinajstić information content (AvgIpc) is 3.61. The quantitative estimate of drug-likeness (QED) is 0.213. The van der Waals surface area contributed by atoms with Crippen LogP contribution in [0.3, 0.4) is 0 Å². The Labute approximate surface area is 221 Å². The minimum atomic E-state index is -0.885. The molecule has 11 heteroatoms. The molecule has 0 bridgehead atoms. The van der Waals surface area contributed by atoms with E-state index in [1.54, 1.807) is 23.5 Å². The number of amides is 2. The van der Waals surface area contributed by atoms with E-state index in [9.17, 15) is 19.7 Å². The molecule has 0 radical (unpaired) electrons. The second kappa shape index (κ2) is 12.2. The second-order valence-electron chi connectivity index (χ2n) is 8.12. The van der Waals surface area contributed by atoms with E-state index in [0.29, 0.717) is 12.1 Å². The van der Waals surface area contributed by atoms with Gasteiger partial charge < -0.3 is 15.4 Å². The van der Waals surface area contributed by atoms with Gasteiger partial charge in [0.25, 0.3) is 5.69 Å². The van der Waals surface area contributed by atoms with Gasteiger partial charge in [0.15, 0.2) is 0 Å². The van der Waals surface area contributed by atoms with Gasteiger partial charge in [-0.1, -0.05) is 48.5 Å². The number of methoxy groups -OCH3 is 1. The lowest BCUT2D eigenvalue weighted by Gasteiger charge is -2.22. The molecule has 0 saturated heterocycles. The summed E-state index contributed by atoms with van der Waals surface area (Å²) >= 11 is 3.05. The fourth-order valence-electron chi connectivity index (χ4n) is 3.71. The highest BCUT2D eigenvalue weighted by Crippen LogP contribution is 2.31. The molecule has 4 rings (SSSR count). The predicted octanol–water partition coefficient (Wildman–Crippen LogP) is 5.15. The first-order valence-electron chi connectivity index (χ1n) is 11.3. The standard InChI is InChI=1S/C26H24N4O5S2/c1-35-26(32)29-21(15-17-6-3-2-4-7-17)24(31)27-20(14-18-9-11-19(12-10-18)30(33)34)22-16-37-25(28-22)23-8-5-13-36-23/h2-13,16,20-21H,14-15H2,1H3,(H,27,31)(H,29,32)/t20-,21-/m0/s1. The summed E-state index contributed by atoms with van der Waals surface area (Å²) in [4.78, 5) is 41.8. The van der Waals surface area contributed by atoms with Gasteiger partial charge in [0.2, 0.25) is 5.91 Å². The van der Waals surface area contributed by atoms with Crippen LogP contribution in [0.4, 0.5) is 10.5 Å². The number of rotatable bonds is 10. The van der Waals surface area contributed by atoms with Crippen LogP contribution < -0.4 is 10.6 Å². The molecule has 0 fully saturated rings. The highest BCUT2D eigenvalue weighted by atomic mass is 32.1. The summed E-state index contributed by atoms with van der Waals surface area (Å²) in [6.45, 7) is 0. The van der Waals surface area contributed by atoms with Crippen molar-refractivity contribution < 1.29 is 19.2 Å². The monoisotopic (exact) mass is 536 g/mol. The van der Waals surface area contributed by atoms with Gasteiger partial charge in [-0.2, -0.15) is 0 Å². The van der Waals surface area contributed by atoms with Crippen LogP contribution in [0.5, 0.6) is 0 Å². The molecule has 2 amide bonds. The molecule has 0 aliphatic rings. The van der Waals surface area contributed by atoms with E-state index in [4.69, 9.17) is 9.72 Å². The molecule has 0 aliphatic heterocycles. The Kier molecular flexibility index (Phi) is 8.60. The molecule has 190 valence electrons. The Morgan fingerprint density at radius 1 is 0.973 bits per heavy atom. The predicted molar refractivity (Wildman–Crippen MR) is 143 cm³/mol. The molecular weight excluding hydrogens is 512 g/mol. The first-order valence-corrected chi connectivity index (χ1v) is 13.1. The molecule has 2 N–H and O–H groups in total. The van der Waals surface area contributed by atoms with E-state index in [2.05, 4.69) is 10.6 Å². The molecule has 9 nitrogen and oxygen atoms in total. The molecule has 2 heterocycles. The van der Waals surface area contributed by atoms with Gasteiger partial charge in [0.1, 0.15) is 11.0 Å². The molecule has 0 spiro atoms. The SMILES string of the molecule is COC(=O)N[C@@H](Cc1ccccc1)C(=O)N[C@@H](Cc1ccc([N+](=O)[O-])cc1)c1csc(-c2cccs2)n1. The largest absolute Gasteiger partial charge is 0.453 e. The number of thiazole rings is 1. The van der Waals surface area contributed by atoms with Crippen molar-refractivity contribution in [1.82, 2.24) is 15.6 Å². The molecule has 2 atom stereocenters. The summed E-state index contributed by atoms with van der Waals surface area (Å²) in [6, 6.07) is 18.1. The number of carbonyl (C=O) groups is 2. The number of nitrogens with one attached hydrogen (secondary N) is 2. The van der Waals surface area contributed by atoms with E-state index in [0.717, 1.165) is 21.0 Å². The molecule has 0 aliphatic carbocycles. The maximum Gasteiger partial charge on any atom is 0.407 e. The second-order valence-corrected chi connectivity index (χ2v) is 9.93. The topological polar surface area (TPSA) is 123 Å². The van der Waals surface area contributed by atoms with Crippen LogP contribution in [-0.2, 0) is 22.4 Å². The van der Waals surface area contributed by atoms with Crippen LogP contribution in [-0.4, -0.2) is 35.1 Å². The van der Waals surface area contributed by atoms with Crippen molar-refractivity contribution in [3.05, 3.63) is 104 Å². The number of nitro benzene ring substituents is 1. The number of nitrogens with zero attached hydrogens (tertiary/aromatic N) is 2. The summed E-state index contributed by atoms with van der Waals surface area (Å²) in [5.74, 6) is -0.396. The van der Waals surface area contributed by atoms with E-state index in [1.807, 2.05) is 53.2 Å². The van der Waals surface area contributed by atoms with Crippen molar-refractivity contribution in [2.75, 3.05) is 7.11 Å². The molecular formula is C26H24N4O5S2. The van der Waals surface area contributed by atoms with Gasteiger partial charge >= 0.3 is 6.09 Å². The smallest absolute Gasteiger partial charge is 0.407 e. The Morgan fingerprint density at radius 2 is 1.70 bits per heavy atom. The Balaban J connectivity index is 1.60. The van der Waals surface area contributed by atoms with Crippen molar-refractivity contribution in [2.24, 2.45) is 0 Å². The van der Waals surface area contributed by atoms with E-state index in [-0.39, 0.29) is 12.1 Å². The Bertz CT molecular complexity index is 1340. The average molecular weight is 537 g/mol. The summed E-state index contributed by atoms with van der Waals surface area (Å²) in [5.41, 5.74) is 2.32. The van der Waals surface area contributed by atoms with E-state index < -0.39 is 29.0 Å². The lowest BCUT2D eigenvalue weighted by molar-refractivity contribution is -0.384. The Morgan fingerprint density at radius 3 is 2.35 bits per heavy atom. The Hall–Kier alpha value is -4.09. The number of alkyl carbamates (subject to hydrolysis) is 1. The number of aromatic nitrogens is 1. The number of non-ortho nitro benzene ring substituents is 1. The van der Waals surface area contributed by atoms with Crippen LogP contribution in [0.1, 0.15) is 22.9 Å². The van der Waals surface area contributed by atoms with Crippen LogP contribution in [0.25, 0.3) is 9.88 Å². The number of hydrogen-bond donors (Lipinski definition) is 2. The zero-order valence-corrected chi connectivity index (χ0v) is 21.5. The van der Waals surface area contributed by atoms with Crippen LogP contribution >= 0.6 is 22.7 Å². The fourth-order valence-corrected chi connectivity index (χ4v) is 5.40. The number of benzene rings is 2. The van der Waals surface area contributed by atoms with Crippen molar-refractivity contribution >= 4 is 40.4 Å². The van der Waals surface area contributed by atoms with E-state index >= 15 is 0 Å². The van der Waals surface area contributed by atoms with Gasteiger partial charge in [-0.3, -0.25) is 14.9 Å². The number of ether oxygens (including phenoxy) is 1. The number of thiophene rings is 1. The van der Waals surface area contributed by atoms with Crippen LogP contribution in [0, 0.1) is 10.1 Å². The number of carbonyl (C=O) groups excluding carboxylic acids is 2. The van der Waals surface area contributed by atoms with Gasteiger partial charge in [0, 0.05) is 23.9 Å². The molecule has 2 aromatic heterocycles. The van der Waals surface area contributed by atoms with Gasteiger partial charge in [-0.15, -0.1) is 22.7 Å². The number of nitro groups is 1. The van der Waals surface area contributed by atoms with Crippen molar-refractivity contribution in [3.8, 4) is 9.88 Å². The zero-order valence-electron chi connectivity index (χ0n) is 19.8. The van der Waals surface area contributed by atoms with Crippen LogP contribution in [0.15, 0.2) is 77.5 Å². The third-order valence-corrected chi connectivity index (χ3v) is 7.49. The molecule has 37 heavy (non-hydrogen) atoms. The highest BCUT2D eigenvalue weighted by molar-refractivity contribution is 7.20. The molecule has 4 aromatic rings. The third kappa shape index (κ3) is 6.99. The van der Waals surface area contributed by atoms with Crippen molar-refractivity contribution in [1.29, 1.82) is 0 Å². The normalized spacial score (nSPS) is 12.4. The lowest BCUT2D eigenvalue weighted by atomic mass is 10.0. The summed E-state index contributed by atoms with van der Waals surface area (Å²) in [5, 5.41) is 21.4. The summed E-state index contributed by atoms with van der Waals surface area (Å²) < 4.78 is 4.73. The van der Waals surface area contributed by atoms with Crippen molar-refractivity contribution in [2.45, 2.75) is 24.9 Å². The number of hydrogen-bond acceptors (Lipinski definition) is 8. The van der Waals surface area contributed by atoms with Gasteiger partial charge in [-0.05, 0) is 29.0 Å². The zero-order chi connectivity index (χ0) is 26.2. The molecule has 0 unspecified atom stereocenters. The molecule has 2 aromatic carbocycles. The first-order chi connectivity index (χ1) is 17.9. The fraction of sp³-hybridized carbons (Fsp3) is 0.192. The van der Waals surface area contributed by atoms with Gasteiger partial charge in [-0.25, -0.2) is 9.78 Å². The maximum absolute atomic E-state index is 13.5. The minimum Gasteiger partial charge on any atom is -0.453 e. The summed E-state index contributed by atoms with van der Waals surface area (Å²) in [7, 11) is 1.24. The third-order valence-electron chi connectivity index (χ3n) is 5.59. The lowest BCUT2D eigenvalue weighted by Crippen LogP contribution is -2.49. The maximum atomic E-state index is 13.5. The van der Waals surface area contributed by atoms with E-state index in [1.165, 1.54) is 30.6 Å². The van der Waals surface area contributed by atoms with Crippen LogP contribution in [0.2, 0.25) is 0 Å². The molecule has 0 saturated carbocycles. The minimum absolute atomic E-state index is 0.0109. The van der Waals surface area contributed by atoms with Gasteiger partial charge in [0.05, 0.1) is 28.6 Å². The van der Waals surface area contributed by atoms with Crippen molar-refractivity contribution in [3.63, 3.8) is 0 Å². The summed E-state index contributed by atoms with van der Waals surface area (Å²) in [6.07, 6.45) is -0.0893.